The molecule has 2 heterocycles. The molecule has 0 bridgehead atoms. The van der Waals surface area contributed by atoms with E-state index in [0.717, 1.165) is 4.31 Å². The number of hydrogen-bond acceptors (Lipinski definition) is 5. The molecule has 1 aromatic rings. The highest BCUT2D eigenvalue weighted by Crippen LogP contribution is 2.23. The van der Waals surface area contributed by atoms with Crippen molar-refractivity contribution in [2.45, 2.75) is 25.1 Å². The van der Waals surface area contributed by atoms with Crippen molar-refractivity contribution in [3.63, 3.8) is 0 Å². The number of nitrogens with one attached hydrogen (secondary N) is 3. The molecule has 1 fully saturated rings. The van der Waals surface area contributed by atoms with Crippen molar-refractivity contribution in [3.8, 4) is 0 Å². The summed E-state index contributed by atoms with van der Waals surface area (Å²) in [5.41, 5.74) is 6.06. The molecule has 1 atom stereocenters. The summed E-state index contributed by atoms with van der Waals surface area (Å²) in [5, 5.41) is 5.02. The summed E-state index contributed by atoms with van der Waals surface area (Å²) in [6, 6.07) is 0.412. The second kappa shape index (κ2) is 8.65. The normalized spacial score (nSPS) is 18.8. The largest absolute Gasteiger partial charge is 0.390 e. The van der Waals surface area contributed by atoms with Crippen molar-refractivity contribution >= 4 is 33.4 Å². The number of alkyl halides is 3. The molecule has 1 aliphatic rings. The van der Waals surface area contributed by atoms with E-state index in [2.05, 4.69) is 27.2 Å². The van der Waals surface area contributed by atoms with Crippen molar-refractivity contribution in [2.75, 3.05) is 24.6 Å². The van der Waals surface area contributed by atoms with Crippen LogP contribution in [-0.4, -0.2) is 60.6 Å². The summed E-state index contributed by atoms with van der Waals surface area (Å²) >= 11 is 0. The van der Waals surface area contributed by atoms with Crippen LogP contribution in [0.5, 0.6) is 0 Å². The predicted octanol–water partition coefficient (Wildman–Crippen LogP) is 1.47. The van der Waals surface area contributed by atoms with Gasteiger partial charge in [-0.25, -0.2) is 18.2 Å². The number of rotatable bonds is 6. The average Bonchev–Trinajstić information content (AvgIpc) is 3.22. The Morgan fingerprint density at radius 1 is 1.50 bits per heavy atom. The first-order valence-electron chi connectivity index (χ1n) is 8.26. The Kier molecular flexibility index (Phi) is 6.72. The van der Waals surface area contributed by atoms with E-state index in [4.69, 9.17) is 5.73 Å². The number of nitrogens with zero attached hydrogens (tertiary/aromatic N) is 2. The van der Waals surface area contributed by atoms with Crippen molar-refractivity contribution in [2.24, 2.45) is 4.99 Å². The molecule has 0 unspecified atom stereocenters. The minimum atomic E-state index is -4.55. The minimum absolute atomic E-state index is 0.0351. The topological polar surface area (TPSA) is 133 Å². The SMILES string of the molecule is C=CC(=Nc1cc[nH]c1N)NC(=O)N[C@@H]1CCN(S(=O)(=O)CCC(F)(F)F)C1. The van der Waals surface area contributed by atoms with Crippen LogP contribution in [0.1, 0.15) is 12.8 Å². The first-order chi connectivity index (χ1) is 13.0. The Labute approximate surface area is 159 Å². The van der Waals surface area contributed by atoms with Crippen molar-refractivity contribution in [3.05, 3.63) is 24.9 Å². The fourth-order valence-electron chi connectivity index (χ4n) is 2.54. The fourth-order valence-corrected chi connectivity index (χ4v) is 4.07. The van der Waals surface area contributed by atoms with E-state index in [0.29, 0.717) is 11.5 Å². The maximum atomic E-state index is 12.3. The molecule has 1 aliphatic heterocycles. The molecule has 13 heteroatoms. The average molecular weight is 422 g/mol. The third-order valence-corrected chi connectivity index (χ3v) is 5.79. The van der Waals surface area contributed by atoms with Gasteiger partial charge in [0.15, 0.2) is 0 Å². The zero-order chi connectivity index (χ0) is 20.9. The lowest BCUT2D eigenvalue weighted by molar-refractivity contribution is -0.130. The lowest BCUT2D eigenvalue weighted by Crippen LogP contribution is -2.45. The monoisotopic (exact) mass is 422 g/mol. The maximum Gasteiger partial charge on any atom is 0.390 e. The first-order valence-corrected chi connectivity index (χ1v) is 9.87. The first kappa shape index (κ1) is 21.8. The molecule has 2 rings (SSSR count). The summed E-state index contributed by atoms with van der Waals surface area (Å²) in [5.74, 6) is -0.589. The smallest absolute Gasteiger partial charge is 0.383 e. The van der Waals surface area contributed by atoms with Crippen LogP contribution in [0.25, 0.3) is 0 Å². The molecule has 28 heavy (non-hydrogen) atoms. The third kappa shape index (κ3) is 6.27. The molecule has 156 valence electrons. The Morgan fingerprint density at radius 2 is 2.21 bits per heavy atom. The van der Waals surface area contributed by atoms with Gasteiger partial charge in [0.05, 0.1) is 12.2 Å². The van der Waals surface area contributed by atoms with Gasteiger partial charge < -0.3 is 16.0 Å². The number of aromatic nitrogens is 1. The highest BCUT2D eigenvalue weighted by atomic mass is 32.2. The van der Waals surface area contributed by atoms with Gasteiger partial charge in [0.1, 0.15) is 17.3 Å². The van der Waals surface area contributed by atoms with E-state index in [-0.39, 0.29) is 25.3 Å². The van der Waals surface area contributed by atoms with Crippen LogP contribution in [0.3, 0.4) is 0 Å². The second-order valence-electron chi connectivity index (χ2n) is 6.10. The summed E-state index contributed by atoms with van der Waals surface area (Å²) < 4.78 is 61.7. The molecular weight excluding hydrogens is 401 g/mol. The molecule has 1 aromatic heterocycles. The van der Waals surface area contributed by atoms with Crippen LogP contribution in [-0.2, 0) is 10.0 Å². The number of aliphatic imine (C=N–C) groups is 1. The van der Waals surface area contributed by atoms with Gasteiger partial charge in [-0.15, -0.1) is 0 Å². The molecule has 0 aromatic carbocycles. The van der Waals surface area contributed by atoms with Crippen molar-refractivity contribution in [1.29, 1.82) is 0 Å². The van der Waals surface area contributed by atoms with E-state index < -0.39 is 40.4 Å². The maximum absolute atomic E-state index is 12.3. The van der Waals surface area contributed by atoms with Crippen LogP contribution < -0.4 is 16.4 Å². The summed E-state index contributed by atoms with van der Waals surface area (Å²) in [6.45, 7) is 3.47. The minimum Gasteiger partial charge on any atom is -0.383 e. The predicted molar refractivity (Wildman–Crippen MR) is 98.6 cm³/mol. The number of nitrogen functional groups attached to an aromatic ring is 1. The van der Waals surface area contributed by atoms with E-state index in [1.54, 1.807) is 12.3 Å². The zero-order valence-electron chi connectivity index (χ0n) is 14.8. The second-order valence-corrected chi connectivity index (χ2v) is 8.19. The molecule has 9 nitrogen and oxygen atoms in total. The molecule has 1 saturated heterocycles. The number of halogens is 3. The van der Waals surface area contributed by atoms with Gasteiger partial charge in [0.25, 0.3) is 0 Å². The Hall–Kier alpha value is -2.54. The molecule has 0 spiro atoms. The van der Waals surface area contributed by atoms with Gasteiger partial charge in [-0.1, -0.05) is 6.58 Å². The summed E-state index contributed by atoms with van der Waals surface area (Å²) in [6.07, 6.45) is -2.81. The number of H-pyrrole nitrogens is 1. The molecule has 0 radical (unpaired) electrons. The number of anilines is 1. The van der Waals surface area contributed by atoms with Crippen molar-refractivity contribution < 1.29 is 26.4 Å². The Morgan fingerprint density at radius 3 is 2.79 bits per heavy atom. The van der Waals surface area contributed by atoms with E-state index in [9.17, 15) is 26.4 Å². The third-order valence-electron chi connectivity index (χ3n) is 3.95. The molecule has 0 saturated carbocycles. The number of carbonyl (C=O) groups excluding carboxylic acids is 1. The van der Waals surface area contributed by atoms with Crippen molar-refractivity contribution in [1.82, 2.24) is 19.9 Å². The van der Waals surface area contributed by atoms with Crippen LogP contribution >= 0.6 is 0 Å². The number of amidine groups is 1. The Bertz CT molecular complexity index is 849. The molecular formula is C15H21F3N6O3S. The summed E-state index contributed by atoms with van der Waals surface area (Å²) in [4.78, 5) is 18.9. The summed E-state index contributed by atoms with van der Waals surface area (Å²) in [7, 11) is -4.04. The number of hydrogen-bond donors (Lipinski definition) is 4. The van der Waals surface area contributed by atoms with Crippen LogP contribution in [0, 0.1) is 0 Å². The van der Waals surface area contributed by atoms with E-state index in [1.807, 2.05) is 0 Å². The zero-order valence-corrected chi connectivity index (χ0v) is 15.6. The van der Waals surface area contributed by atoms with Crippen LogP contribution in [0.15, 0.2) is 29.9 Å². The molecule has 2 amide bonds. The standard InChI is InChI=1S/C15H21F3N6O3S/c1-2-12(22-11-3-6-20-13(11)19)23-14(25)21-10-4-7-24(9-10)28(26,27)8-5-15(16,17)18/h2-3,6,10,20H,1,4-5,7-9,19H2,(H2,21,22,23,25)/t10-/m1/s1. The highest BCUT2D eigenvalue weighted by Gasteiger charge is 2.36. The fraction of sp³-hybridized carbons (Fsp3) is 0.467. The van der Waals surface area contributed by atoms with Gasteiger partial charge in [-0.05, 0) is 18.6 Å². The number of aromatic amines is 1. The lowest BCUT2D eigenvalue weighted by atomic mass is 10.3. The Balaban J connectivity index is 1.89. The molecule has 5 N–H and O–H groups in total. The van der Waals surface area contributed by atoms with E-state index >= 15 is 0 Å². The number of sulfonamides is 1. The van der Waals surface area contributed by atoms with E-state index in [1.165, 1.54) is 6.08 Å². The van der Waals surface area contributed by atoms with Gasteiger partial charge >= 0.3 is 12.2 Å². The van der Waals surface area contributed by atoms with Gasteiger partial charge in [0.2, 0.25) is 10.0 Å². The quantitative estimate of drug-likeness (QED) is 0.408. The van der Waals surface area contributed by atoms with Crippen LogP contribution in [0.2, 0.25) is 0 Å². The van der Waals surface area contributed by atoms with Gasteiger partial charge in [-0.3, -0.25) is 5.32 Å². The van der Waals surface area contributed by atoms with Gasteiger partial charge in [0, 0.05) is 25.3 Å². The highest BCUT2D eigenvalue weighted by molar-refractivity contribution is 7.89. The van der Waals surface area contributed by atoms with Gasteiger partial charge in [-0.2, -0.15) is 17.5 Å². The molecule has 0 aliphatic carbocycles. The number of urea groups is 1. The number of nitrogens with two attached hydrogens (primary N) is 1. The number of carbonyl (C=O) groups is 1. The van der Waals surface area contributed by atoms with Crippen LogP contribution in [0.4, 0.5) is 29.5 Å². The lowest BCUT2D eigenvalue weighted by Gasteiger charge is -2.18. The number of amides is 2.